The Labute approximate surface area is 120 Å². The number of hydrogen-bond donors (Lipinski definition) is 1. The molecule has 1 aromatic rings. The van der Waals surface area contributed by atoms with Crippen LogP contribution in [0.5, 0.6) is 11.5 Å². The number of nitrogens with one attached hydrogen (secondary N) is 1. The summed E-state index contributed by atoms with van der Waals surface area (Å²) >= 11 is 0. The van der Waals surface area contributed by atoms with E-state index in [1.54, 1.807) is 7.11 Å². The molecule has 4 heteroatoms. The Kier molecular flexibility index (Phi) is 4.88. The number of rotatable bonds is 4. The van der Waals surface area contributed by atoms with Crippen LogP contribution in [0.3, 0.4) is 0 Å². The molecule has 4 nitrogen and oxygen atoms in total. The van der Waals surface area contributed by atoms with Crippen molar-refractivity contribution < 1.29 is 14.3 Å². The van der Waals surface area contributed by atoms with Crippen LogP contribution in [0.2, 0.25) is 0 Å². The van der Waals surface area contributed by atoms with Crippen LogP contribution < -0.4 is 14.8 Å². The lowest BCUT2D eigenvalue weighted by atomic mass is 10.0. The first kappa shape index (κ1) is 14.7. The van der Waals surface area contributed by atoms with Gasteiger partial charge in [-0.15, -0.1) is 0 Å². The number of ether oxygens (including phenoxy) is 2. The number of amides is 1. The number of hydrogen-bond acceptors (Lipinski definition) is 3. The average Bonchev–Trinajstić information content (AvgIpc) is 2.59. The topological polar surface area (TPSA) is 47.6 Å². The minimum atomic E-state index is 0.0321. The summed E-state index contributed by atoms with van der Waals surface area (Å²) in [6, 6.07) is 5.82. The summed E-state index contributed by atoms with van der Waals surface area (Å²) in [5.41, 5.74) is 1.04. The van der Waals surface area contributed by atoms with Crippen molar-refractivity contribution >= 4 is 5.91 Å². The van der Waals surface area contributed by atoms with Crippen LogP contribution in [0.15, 0.2) is 18.2 Å². The molecule has 0 saturated heterocycles. The highest BCUT2D eigenvalue weighted by molar-refractivity contribution is 5.76. The maximum atomic E-state index is 12.0. The molecule has 1 aliphatic rings. The van der Waals surface area contributed by atoms with Gasteiger partial charge in [0.2, 0.25) is 5.91 Å². The van der Waals surface area contributed by atoms with Crippen molar-refractivity contribution in [1.29, 1.82) is 0 Å². The van der Waals surface area contributed by atoms with Crippen molar-refractivity contribution in [3.05, 3.63) is 23.8 Å². The molecule has 1 aliphatic heterocycles. The van der Waals surface area contributed by atoms with E-state index in [4.69, 9.17) is 9.47 Å². The highest BCUT2D eigenvalue weighted by Gasteiger charge is 2.22. The number of carbonyl (C=O) groups excluding carboxylic acids is 1. The van der Waals surface area contributed by atoms with Gasteiger partial charge in [0.15, 0.2) is 0 Å². The summed E-state index contributed by atoms with van der Waals surface area (Å²) in [6.45, 7) is 4.78. The first-order valence-corrected chi connectivity index (χ1v) is 7.20. The summed E-state index contributed by atoms with van der Waals surface area (Å²) in [6.07, 6.45) is 2.40. The molecular formula is C16H23NO3. The number of benzene rings is 1. The lowest BCUT2D eigenvalue weighted by Crippen LogP contribution is -2.29. The molecule has 0 spiro atoms. The van der Waals surface area contributed by atoms with Gasteiger partial charge >= 0.3 is 0 Å². The smallest absolute Gasteiger partial charge is 0.220 e. The lowest BCUT2D eigenvalue weighted by molar-refractivity contribution is -0.122. The molecule has 110 valence electrons. The minimum Gasteiger partial charge on any atom is -0.497 e. The van der Waals surface area contributed by atoms with Gasteiger partial charge in [-0.05, 0) is 30.9 Å². The minimum absolute atomic E-state index is 0.0321. The van der Waals surface area contributed by atoms with Crippen LogP contribution in [0.4, 0.5) is 0 Å². The molecule has 1 aromatic carbocycles. The summed E-state index contributed by atoms with van der Waals surface area (Å²) in [7, 11) is 1.64. The second kappa shape index (κ2) is 6.64. The van der Waals surface area contributed by atoms with Crippen LogP contribution >= 0.6 is 0 Å². The van der Waals surface area contributed by atoms with Crippen molar-refractivity contribution in [2.24, 2.45) is 5.92 Å². The van der Waals surface area contributed by atoms with Crippen molar-refractivity contribution in [2.45, 2.75) is 39.2 Å². The summed E-state index contributed by atoms with van der Waals surface area (Å²) < 4.78 is 11.0. The number of methoxy groups -OCH3 is 1. The average molecular weight is 277 g/mol. The lowest BCUT2D eigenvalue weighted by Gasteiger charge is -2.19. The zero-order chi connectivity index (χ0) is 14.5. The second-order valence-electron chi connectivity index (χ2n) is 5.61. The Morgan fingerprint density at radius 3 is 3.00 bits per heavy atom. The quantitative estimate of drug-likeness (QED) is 0.920. The van der Waals surface area contributed by atoms with E-state index in [1.165, 1.54) is 0 Å². The van der Waals surface area contributed by atoms with Gasteiger partial charge in [0, 0.05) is 18.1 Å². The van der Waals surface area contributed by atoms with E-state index in [1.807, 2.05) is 18.2 Å². The predicted octanol–water partition coefficient (Wildman–Crippen LogP) is 3.07. The van der Waals surface area contributed by atoms with Crippen LogP contribution in [0.1, 0.15) is 44.7 Å². The molecular weight excluding hydrogens is 254 g/mol. The third-order valence-electron chi connectivity index (χ3n) is 3.42. The highest BCUT2D eigenvalue weighted by atomic mass is 16.5. The SMILES string of the molecule is COc1ccc2c(c1)OCCCC2NC(=O)CC(C)C. The van der Waals surface area contributed by atoms with Gasteiger partial charge in [0.25, 0.3) is 0 Å². The normalized spacial score (nSPS) is 17.9. The van der Waals surface area contributed by atoms with Gasteiger partial charge in [0.1, 0.15) is 11.5 Å². The maximum absolute atomic E-state index is 12.0. The van der Waals surface area contributed by atoms with Crippen molar-refractivity contribution in [2.75, 3.05) is 13.7 Å². The van der Waals surface area contributed by atoms with E-state index in [9.17, 15) is 4.79 Å². The fourth-order valence-electron chi connectivity index (χ4n) is 2.45. The number of carbonyl (C=O) groups is 1. The molecule has 0 radical (unpaired) electrons. The van der Waals surface area contributed by atoms with Crippen LogP contribution in [-0.2, 0) is 4.79 Å². The predicted molar refractivity (Wildman–Crippen MR) is 78.1 cm³/mol. The first-order valence-electron chi connectivity index (χ1n) is 7.20. The largest absolute Gasteiger partial charge is 0.497 e. The molecule has 20 heavy (non-hydrogen) atoms. The Bertz CT molecular complexity index is 471. The van der Waals surface area contributed by atoms with Crippen LogP contribution in [0, 0.1) is 5.92 Å². The summed E-state index contributed by atoms with van der Waals surface area (Å²) in [5, 5.41) is 3.12. The fraction of sp³-hybridized carbons (Fsp3) is 0.562. The Morgan fingerprint density at radius 2 is 2.30 bits per heavy atom. The van der Waals surface area contributed by atoms with Gasteiger partial charge in [-0.2, -0.15) is 0 Å². The third kappa shape index (κ3) is 3.65. The van der Waals surface area contributed by atoms with E-state index in [-0.39, 0.29) is 11.9 Å². The molecule has 1 heterocycles. The molecule has 1 atom stereocenters. The Hall–Kier alpha value is -1.71. The van der Waals surface area contributed by atoms with E-state index in [0.717, 1.165) is 29.9 Å². The molecule has 0 saturated carbocycles. The molecule has 1 N–H and O–H groups in total. The fourth-order valence-corrected chi connectivity index (χ4v) is 2.45. The molecule has 0 bridgehead atoms. The second-order valence-corrected chi connectivity index (χ2v) is 5.61. The summed E-state index contributed by atoms with van der Waals surface area (Å²) in [5.74, 6) is 2.07. The van der Waals surface area contributed by atoms with Gasteiger partial charge in [-0.25, -0.2) is 0 Å². The van der Waals surface area contributed by atoms with Crippen LogP contribution in [0.25, 0.3) is 0 Å². The van der Waals surface area contributed by atoms with E-state index >= 15 is 0 Å². The van der Waals surface area contributed by atoms with Gasteiger partial charge in [-0.3, -0.25) is 4.79 Å². The maximum Gasteiger partial charge on any atom is 0.220 e. The molecule has 1 unspecified atom stereocenters. The van der Waals surface area contributed by atoms with E-state index < -0.39 is 0 Å². The molecule has 0 fully saturated rings. The van der Waals surface area contributed by atoms with Crippen molar-refractivity contribution in [3.8, 4) is 11.5 Å². The Balaban J connectivity index is 2.16. The van der Waals surface area contributed by atoms with E-state index in [2.05, 4.69) is 19.2 Å². The highest BCUT2D eigenvalue weighted by Crippen LogP contribution is 2.34. The standard InChI is InChI=1S/C16H23NO3/c1-11(2)9-16(18)17-14-5-4-8-20-15-10-12(19-3)6-7-13(14)15/h6-7,10-11,14H,4-5,8-9H2,1-3H3,(H,17,18). The van der Waals surface area contributed by atoms with Crippen LogP contribution in [-0.4, -0.2) is 19.6 Å². The van der Waals surface area contributed by atoms with E-state index in [0.29, 0.717) is 18.9 Å². The third-order valence-corrected chi connectivity index (χ3v) is 3.42. The van der Waals surface area contributed by atoms with Gasteiger partial charge < -0.3 is 14.8 Å². The zero-order valence-electron chi connectivity index (χ0n) is 12.4. The molecule has 1 amide bonds. The molecule has 0 aliphatic carbocycles. The monoisotopic (exact) mass is 277 g/mol. The van der Waals surface area contributed by atoms with Crippen molar-refractivity contribution in [1.82, 2.24) is 5.32 Å². The molecule has 2 rings (SSSR count). The summed E-state index contributed by atoms with van der Waals surface area (Å²) in [4.78, 5) is 12.0. The zero-order valence-corrected chi connectivity index (χ0v) is 12.4. The Morgan fingerprint density at radius 1 is 1.50 bits per heavy atom. The number of fused-ring (bicyclic) bond motifs is 1. The van der Waals surface area contributed by atoms with Gasteiger partial charge in [0.05, 0.1) is 19.8 Å². The van der Waals surface area contributed by atoms with Gasteiger partial charge in [-0.1, -0.05) is 13.8 Å². The molecule has 0 aromatic heterocycles. The first-order chi connectivity index (χ1) is 9.60. The van der Waals surface area contributed by atoms with Crippen molar-refractivity contribution in [3.63, 3.8) is 0 Å².